The van der Waals surface area contributed by atoms with Crippen molar-refractivity contribution < 1.29 is 4.74 Å². The van der Waals surface area contributed by atoms with Crippen LogP contribution in [-0.2, 0) is 12.3 Å². The Bertz CT molecular complexity index is 1000. The fourth-order valence-corrected chi connectivity index (χ4v) is 3.51. The number of hydrogen-bond donors (Lipinski definition) is 2. The number of benzene rings is 2. The zero-order chi connectivity index (χ0) is 18.5. The Morgan fingerprint density at radius 1 is 1.31 bits per heavy atom. The van der Waals surface area contributed by atoms with Gasteiger partial charge in [0.2, 0.25) is 0 Å². The van der Waals surface area contributed by atoms with Gasteiger partial charge >= 0.3 is 0 Å². The highest BCUT2D eigenvalue weighted by Gasteiger charge is 2.06. The number of ether oxygens (including phenoxy) is 1. The third kappa shape index (κ3) is 4.42. The van der Waals surface area contributed by atoms with Gasteiger partial charge in [-0.15, -0.1) is 0 Å². The van der Waals surface area contributed by atoms with Crippen LogP contribution in [0.15, 0.2) is 47.3 Å². The van der Waals surface area contributed by atoms with E-state index in [1.54, 1.807) is 14.0 Å². The third-order valence-corrected chi connectivity index (χ3v) is 5.26. The number of aryl methyl sites for hydroxylation is 1. The number of thiocarbonyl (C=S) groups is 1. The van der Waals surface area contributed by atoms with Gasteiger partial charge in [0.05, 0.1) is 18.0 Å². The number of nitrogens with one attached hydrogen (secondary N) is 2. The van der Waals surface area contributed by atoms with Crippen molar-refractivity contribution in [3.63, 3.8) is 0 Å². The van der Waals surface area contributed by atoms with Crippen molar-refractivity contribution in [2.24, 2.45) is 0 Å². The second kappa shape index (κ2) is 8.33. The molecule has 134 valence electrons. The normalized spacial score (nSPS) is 10.7. The molecule has 1 aromatic heterocycles. The number of aromatic nitrogens is 2. The number of fused-ring (bicyclic) bond motifs is 1. The van der Waals surface area contributed by atoms with Crippen molar-refractivity contribution in [3.8, 4) is 5.75 Å². The predicted molar refractivity (Wildman–Crippen MR) is 111 cm³/mol. The number of thioether (sulfide) groups is 1. The summed E-state index contributed by atoms with van der Waals surface area (Å²) in [5.41, 5.74) is 2.67. The van der Waals surface area contributed by atoms with Gasteiger partial charge in [0.15, 0.2) is 0 Å². The van der Waals surface area contributed by atoms with Gasteiger partial charge in [-0.1, -0.05) is 48.2 Å². The quantitative estimate of drug-likeness (QED) is 0.655. The lowest BCUT2D eigenvalue weighted by Gasteiger charge is -2.11. The van der Waals surface area contributed by atoms with E-state index in [1.807, 2.05) is 42.5 Å². The standard InChI is InChI=1S/C19H19N3O2S2/c1-12-21-16-8-7-13(9-15(16)18(23)22-12)11-26-19(25)20-10-14-5-3-4-6-17(14)24-2/h3-9H,10-11H2,1-2H3,(H,20,25)(H,21,22,23). The lowest BCUT2D eigenvalue weighted by atomic mass is 10.2. The van der Waals surface area contributed by atoms with Gasteiger partial charge in [-0.3, -0.25) is 4.79 Å². The van der Waals surface area contributed by atoms with Gasteiger partial charge in [-0.25, -0.2) is 4.98 Å². The molecule has 0 fully saturated rings. The zero-order valence-electron chi connectivity index (χ0n) is 14.5. The number of para-hydroxylation sites is 1. The Morgan fingerprint density at radius 3 is 2.92 bits per heavy atom. The summed E-state index contributed by atoms with van der Waals surface area (Å²) in [4.78, 5) is 19.1. The highest BCUT2D eigenvalue weighted by molar-refractivity contribution is 8.22. The van der Waals surface area contributed by atoms with Crippen LogP contribution in [0.5, 0.6) is 5.75 Å². The molecule has 3 aromatic rings. The Kier molecular flexibility index (Phi) is 5.90. The SMILES string of the molecule is COc1ccccc1CNC(=S)SCc1ccc2nc(C)[nH]c(=O)c2c1. The van der Waals surface area contributed by atoms with Crippen LogP contribution in [-0.4, -0.2) is 21.4 Å². The van der Waals surface area contributed by atoms with E-state index >= 15 is 0 Å². The summed E-state index contributed by atoms with van der Waals surface area (Å²) in [6.07, 6.45) is 0. The first-order chi connectivity index (χ1) is 12.6. The Hall–Kier alpha value is -2.38. The Labute approximate surface area is 161 Å². The molecule has 0 saturated heterocycles. The van der Waals surface area contributed by atoms with Crippen LogP contribution < -0.4 is 15.6 Å². The molecule has 7 heteroatoms. The van der Waals surface area contributed by atoms with E-state index in [2.05, 4.69) is 15.3 Å². The van der Waals surface area contributed by atoms with Crippen LogP contribution in [0.25, 0.3) is 10.9 Å². The van der Waals surface area contributed by atoms with Crippen molar-refractivity contribution in [3.05, 3.63) is 69.8 Å². The van der Waals surface area contributed by atoms with Gasteiger partial charge in [0, 0.05) is 17.9 Å². The Balaban J connectivity index is 1.61. The number of rotatable bonds is 5. The summed E-state index contributed by atoms with van der Waals surface area (Å²) >= 11 is 6.93. The molecule has 5 nitrogen and oxygen atoms in total. The monoisotopic (exact) mass is 385 g/mol. The maximum Gasteiger partial charge on any atom is 0.258 e. The fraction of sp³-hybridized carbons (Fsp3) is 0.211. The average molecular weight is 386 g/mol. The van der Waals surface area contributed by atoms with Gasteiger partial charge in [0.25, 0.3) is 5.56 Å². The number of aromatic amines is 1. The predicted octanol–water partition coefficient (Wildman–Crippen LogP) is 3.55. The number of nitrogens with zero attached hydrogens (tertiary/aromatic N) is 1. The smallest absolute Gasteiger partial charge is 0.258 e. The lowest BCUT2D eigenvalue weighted by Crippen LogP contribution is -2.18. The molecule has 0 spiro atoms. The van der Waals surface area contributed by atoms with E-state index < -0.39 is 0 Å². The first-order valence-corrected chi connectivity index (χ1v) is 9.48. The molecule has 26 heavy (non-hydrogen) atoms. The van der Waals surface area contributed by atoms with Gasteiger partial charge in [0.1, 0.15) is 15.9 Å². The molecule has 0 aliphatic rings. The molecule has 0 radical (unpaired) electrons. The summed E-state index contributed by atoms with van der Waals surface area (Å²) in [6.45, 7) is 2.38. The highest BCUT2D eigenvalue weighted by Crippen LogP contribution is 2.19. The van der Waals surface area contributed by atoms with Crippen molar-refractivity contribution in [1.29, 1.82) is 0 Å². The Morgan fingerprint density at radius 2 is 2.12 bits per heavy atom. The first kappa shape index (κ1) is 18.4. The molecule has 2 aromatic carbocycles. The molecule has 3 rings (SSSR count). The minimum atomic E-state index is -0.115. The molecular formula is C19H19N3O2S2. The van der Waals surface area contributed by atoms with Gasteiger partial charge < -0.3 is 15.0 Å². The largest absolute Gasteiger partial charge is 0.496 e. The molecule has 0 unspecified atom stereocenters. The fourth-order valence-electron chi connectivity index (χ4n) is 2.61. The first-order valence-electron chi connectivity index (χ1n) is 8.09. The van der Waals surface area contributed by atoms with Crippen LogP contribution in [0.4, 0.5) is 0 Å². The highest BCUT2D eigenvalue weighted by atomic mass is 32.2. The van der Waals surface area contributed by atoms with Gasteiger partial charge in [-0.2, -0.15) is 0 Å². The molecule has 0 bridgehead atoms. The summed E-state index contributed by atoms with van der Waals surface area (Å²) in [6, 6.07) is 13.6. The van der Waals surface area contributed by atoms with Crippen molar-refractivity contribution in [2.75, 3.05) is 7.11 Å². The maximum absolute atomic E-state index is 12.1. The van der Waals surface area contributed by atoms with Crippen molar-refractivity contribution in [2.45, 2.75) is 19.2 Å². The van der Waals surface area contributed by atoms with E-state index in [9.17, 15) is 4.79 Å². The van der Waals surface area contributed by atoms with Gasteiger partial charge in [-0.05, 0) is 30.7 Å². The van der Waals surface area contributed by atoms with Crippen LogP contribution in [0.1, 0.15) is 17.0 Å². The summed E-state index contributed by atoms with van der Waals surface area (Å²) in [5, 5.41) is 3.83. The van der Waals surface area contributed by atoms with Crippen molar-refractivity contribution >= 4 is 39.2 Å². The number of methoxy groups -OCH3 is 1. The third-order valence-electron chi connectivity index (χ3n) is 3.87. The zero-order valence-corrected chi connectivity index (χ0v) is 16.2. The second-order valence-electron chi connectivity index (χ2n) is 5.74. The molecular weight excluding hydrogens is 366 g/mol. The van der Waals surface area contributed by atoms with Crippen LogP contribution >= 0.6 is 24.0 Å². The topological polar surface area (TPSA) is 67.0 Å². The molecule has 2 N–H and O–H groups in total. The molecule has 0 aliphatic carbocycles. The molecule has 0 saturated carbocycles. The van der Waals surface area contributed by atoms with Crippen LogP contribution in [0, 0.1) is 6.92 Å². The molecule has 0 aliphatic heterocycles. The van der Waals surface area contributed by atoms with E-state index in [0.717, 1.165) is 16.9 Å². The van der Waals surface area contributed by atoms with E-state index in [1.165, 1.54) is 11.8 Å². The summed E-state index contributed by atoms with van der Waals surface area (Å²) in [7, 11) is 1.66. The van der Waals surface area contributed by atoms with E-state index in [0.29, 0.717) is 33.3 Å². The number of H-pyrrole nitrogens is 1. The average Bonchev–Trinajstić information content (AvgIpc) is 2.65. The minimum absolute atomic E-state index is 0.115. The molecule has 0 amide bonds. The van der Waals surface area contributed by atoms with Crippen molar-refractivity contribution in [1.82, 2.24) is 15.3 Å². The second-order valence-corrected chi connectivity index (χ2v) is 7.40. The lowest BCUT2D eigenvalue weighted by molar-refractivity contribution is 0.409. The molecule has 1 heterocycles. The van der Waals surface area contributed by atoms with Crippen LogP contribution in [0.3, 0.4) is 0 Å². The van der Waals surface area contributed by atoms with E-state index in [4.69, 9.17) is 17.0 Å². The van der Waals surface area contributed by atoms with Crippen LogP contribution in [0.2, 0.25) is 0 Å². The number of hydrogen-bond acceptors (Lipinski definition) is 5. The summed E-state index contributed by atoms with van der Waals surface area (Å²) < 4.78 is 6.04. The minimum Gasteiger partial charge on any atom is -0.496 e. The maximum atomic E-state index is 12.1. The molecule has 0 atom stereocenters. The summed E-state index contributed by atoms with van der Waals surface area (Å²) in [5.74, 6) is 2.14. The van der Waals surface area contributed by atoms with E-state index in [-0.39, 0.29) is 5.56 Å².